The van der Waals surface area contributed by atoms with Gasteiger partial charge < -0.3 is 39.8 Å². The van der Waals surface area contributed by atoms with E-state index in [0.717, 1.165) is 24.6 Å². The number of rotatable bonds is 16. The van der Waals surface area contributed by atoms with Gasteiger partial charge in [0.25, 0.3) is 11.8 Å². The van der Waals surface area contributed by atoms with Crippen molar-refractivity contribution in [2.24, 2.45) is 0 Å². The second-order valence-electron chi connectivity index (χ2n) is 8.88. The van der Waals surface area contributed by atoms with Crippen LogP contribution in [0.15, 0.2) is 97.3 Å². The molecule has 46 heavy (non-hydrogen) atoms. The summed E-state index contributed by atoms with van der Waals surface area (Å²) in [5.41, 5.74) is 0.892. The maximum atomic E-state index is 12.2. The van der Waals surface area contributed by atoms with Gasteiger partial charge in [0.05, 0.1) is 11.1 Å². The molecule has 2 amide bonds. The second kappa shape index (κ2) is 17.6. The summed E-state index contributed by atoms with van der Waals surface area (Å²) in [4.78, 5) is 69.2. The van der Waals surface area contributed by atoms with Gasteiger partial charge in [-0.25, -0.2) is 19.2 Å². The number of carboxylic acid groups (broad SMARTS) is 2. The van der Waals surface area contributed by atoms with Crippen LogP contribution in [0.4, 0.5) is 0 Å². The minimum absolute atomic E-state index is 0.0370. The lowest BCUT2D eigenvalue weighted by Crippen LogP contribution is -2.18. The Labute approximate surface area is 261 Å². The van der Waals surface area contributed by atoms with Gasteiger partial charge in [-0.1, -0.05) is 0 Å². The van der Waals surface area contributed by atoms with Crippen molar-refractivity contribution in [2.45, 2.75) is 0 Å². The average Bonchev–Trinajstić information content (AvgIpc) is 3.05. The van der Waals surface area contributed by atoms with E-state index in [-0.39, 0.29) is 48.7 Å². The molecule has 0 bridgehead atoms. The Bertz CT molecular complexity index is 1480. The van der Waals surface area contributed by atoms with E-state index in [4.69, 9.17) is 29.2 Å². The highest BCUT2D eigenvalue weighted by atomic mass is 16.6. The van der Waals surface area contributed by atoms with Crippen molar-refractivity contribution < 1.29 is 57.9 Å². The maximum Gasteiger partial charge on any atom is 0.338 e. The molecule has 0 spiro atoms. The van der Waals surface area contributed by atoms with Crippen molar-refractivity contribution in [1.82, 2.24) is 10.6 Å². The van der Waals surface area contributed by atoms with Gasteiger partial charge in [-0.3, -0.25) is 9.59 Å². The summed E-state index contributed by atoms with van der Waals surface area (Å²) in [6.45, 7) is 0.0763. The standard InChI is InChI=1S/C32H28N2O12/c35-27(36)13-15-33-29(39)21-1-5-23(6-2-21)31(41)45-19-17-43-25-9-11-26(12-10-25)44-18-20-46-32(42)24-7-3-22(4-8-24)30(40)34-16-14-28(37)38/h1-16H,17-20H2,(H,33,39)(H,34,40)(H,35,36)(H,37,38). The van der Waals surface area contributed by atoms with Gasteiger partial charge in [-0.05, 0) is 72.8 Å². The molecule has 0 unspecified atom stereocenters. The molecule has 3 aromatic rings. The molecular formula is C32H28N2O12. The molecule has 0 atom stereocenters. The highest BCUT2D eigenvalue weighted by Crippen LogP contribution is 2.17. The van der Waals surface area contributed by atoms with Crippen LogP contribution < -0.4 is 20.1 Å². The molecule has 4 N–H and O–H groups in total. The van der Waals surface area contributed by atoms with Crippen molar-refractivity contribution in [3.63, 3.8) is 0 Å². The Hall–Kier alpha value is -6.44. The molecule has 3 rings (SSSR count). The fourth-order valence-electron chi connectivity index (χ4n) is 3.45. The molecule has 0 fully saturated rings. The quantitative estimate of drug-likeness (QED) is 0.102. The highest BCUT2D eigenvalue weighted by molar-refractivity contribution is 5.98. The molecule has 0 aromatic heterocycles. The lowest BCUT2D eigenvalue weighted by molar-refractivity contribution is -0.132. The zero-order valence-electron chi connectivity index (χ0n) is 24.0. The van der Waals surface area contributed by atoms with E-state index in [1.165, 1.54) is 48.5 Å². The molecule has 0 aliphatic rings. The van der Waals surface area contributed by atoms with Gasteiger partial charge in [-0.15, -0.1) is 0 Å². The summed E-state index contributed by atoms with van der Waals surface area (Å²) in [5, 5.41) is 21.7. The molecule has 0 saturated carbocycles. The molecule has 0 heterocycles. The minimum Gasteiger partial charge on any atom is -0.490 e. The first-order valence-electron chi connectivity index (χ1n) is 13.4. The van der Waals surface area contributed by atoms with E-state index >= 15 is 0 Å². The Balaban J connectivity index is 1.31. The first-order chi connectivity index (χ1) is 22.1. The Morgan fingerprint density at radius 1 is 0.500 bits per heavy atom. The van der Waals surface area contributed by atoms with Gasteiger partial charge >= 0.3 is 23.9 Å². The van der Waals surface area contributed by atoms with Crippen LogP contribution in [-0.2, 0) is 19.1 Å². The van der Waals surface area contributed by atoms with Crippen molar-refractivity contribution in [2.75, 3.05) is 26.4 Å². The number of carbonyl (C=O) groups excluding carboxylic acids is 4. The Kier molecular flexibility index (Phi) is 13.0. The third kappa shape index (κ3) is 11.7. The normalized spacial score (nSPS) is 10.6. The van der Waals surface area contributed by atoms with Crippen LogP contribution in [0.2, 0.25) is 0 Å². The van der Waals surface area contributed by atoms with Gasteiger partial charge in [0.15, 0.2) is 0 Å². The summed E-state index contributed by atoms with van der Waals surface area (Å²) >= 11 is 0. The molecule has 14 nitrogen and oxygen atoms in total. The Morgan fingerprint density at radius 3 is 1.15 bits per heavy atom. The van der Waals surface area contributed by atoms with Crippen LogP contribution >= 0.6 is 0 Å². The molecule has 238 valence electrons. The topological polar surface area (TPSA) is 204 Å². The van der Waals surface area contributed by atoms with Gasteiger partial charge in [0.2, 0.25) is 0 Å². The number of esters is 2. The van der Waals surface area contributed by atoms with Crippen LogP contribution in [0.25, 0.3) is 0 Å². The van der Waals surface area contributed by atoms with E-state index in [1.807, 2.05) is 0 Å². The zero-order valence-corrected chi connectivity index (χ0v) is 24.0. The lowest BCUT2D eigenvalue weighted by atomic mass is 10.1. The zero-order chi connectivity index (χ0) is 33.3. The molecule has 14 heteroatoms. The van der Waals surface area contributed by atoms with Crippen LogP contribution in [0.3, 0.4) is 0 Å². The number of amides is 2. The van der Waals surface area contributed by atoms with E-state index in [1.54, 1.807) is 24.3 Å². The van der Waals surface area contributed by atoms with Crippen LogP contribution in [0.5, 0.6) is 11.5 Å². The monoisotopic (exact) mass is 632 g/mol. The average molecular weight is 633 g/mol. The summed E-state index contributed by atoms with van der Waals surface area (Å²) in [5.74, 6) is -3.71. The first-order valence-corrected chi connectivity index (χ1v) is 13.4. The molecule has 3 aromatic carbocycles. The molecule has 0 aliphatic heterocycles. The predicted octanol–water partition coefficient (Wildman–Crippen LogP) is 2.81. The first kappa shape index (κ1) is 34.1. The predicted molar refractivity (Wildman–Crippen MR) is 159 cm³/mol. The number of aliphatic carboxylic acids is 2. The summed E-state index contributed by atoms with van der Waals surface area (Å²) in [6, 6.07) is 17.8. The van der Waals surface area contributed by atoms with E-state index < -0.39 is 35.7 Å². The molecule has 0 aliphatic carbocycles. The fourth-order valence-corrected chi connectivity index (χ4v) is 3.45. The van der Waals surface area contributed by atoms with E-state index in [0.29, 0.717) is 11.5 Å². The van der Waals surface area contributed by atoms with Crippen LogP contribution in [-0.4, -0.2) is 72.3 Å². The number of nitrogens with one attached hydrogen (secondary N) is 2. The SMILES string of the molecule is O=C(O)C=CNC(=O)c1ccc(C(=O)OCCOc2ccc(OCCOC(=O)c3ccc(C(=O)NC=CC(=O)O)cc3)cc2)cc1. The van der Waals surface area contributed by atoms with Gasteiger partial charge in [0, 0.05) is 35.7 Å². The molecular weight excluding hydrogens is 604 g/mol. The van der Waals surface area contributed by atoms with Crippen molar-refractivity contribution in [3.05, 3.63) is 120 Å². The molecule has 0 saturated heterocycles. The number of hydrogen-bond acceptors (Lipinski definition) is 10. The third-order valence-electron chi connectivity index (χ3n) is 5.64. The van der Waals surface area contributed by atoms with Crippen molar-refractivity contribution in [1.29, 1.82) is 0 Å². The number of ether oxygens (including phenoxy) is 4. The van der Waals surface area contributed by atoms with Crippen LogP contribution in [0.1, 0.15) is 41.4 Å². The second-order valence-corrected chi connectivity index (χ2v) is 8.88. The fraction of sp³-hybridized carbons (Fsp3) is 0.125. The largest absolute Gasteiger partial charge is 0.490 e. The summed E-state index contributed by atoms with van der Waals surface area (Å²) < 4.78 is 21.5. The number of carboxylic acids is 2. The number of hydrogen-bond donors (Lipinski definition) is 4. The lowest BCUT2D eigenvalue weighted by Gasteiger charge is -2.10. The van der Waals surface area contributed by atoms with Crippen LogP contribution in [0, 0.1) is 0 Å². The van der Waals surface area contributed by atoms with Gasteiger partial charge in [-0.2, -0.15) is 0 Å². The number of benzene rings is 3. The summed E-state index contributed by atoms with van der Waals surface area (Å²) in [7, 11) is 0. The summed E-state index contributed by atoms with van der Waals surface area (Å²) in [6.07, 6.45) is 3.56. The van der Waals surface area contributed by atoms with E-state index in [2.05, 4.69) is 10.6 Å². The minimum atomic E-state index is -1.20. The smallest absolute Gasteiger partial charge is 0.338 e. The number of carbonyl (C=O) groups is 6. The van der Waals surface area contributed by atoms with Crippen molar-refractivity contribution >= 4 is 35.7 Å². The highest BCUT2D eigenvalue weighted by Gasteiger charge is 2.11. The van der Waals surface area contributed by atoms with Gasteiger partial charge in [0.1, 0.15) is 37.9 Å². The van der Waals surface area contributed by atoms with E-state index in [9.17, 15) is 28.8 Å². The Morgan fingerprint density at radius 2 is 0.826 bits per heavy atom. The molecule has 0 radical (unpaired) electrons. The third-order valence-corrected chi connectivity index (χ3v) is 5.64. The maximum absolute atomic E-state index is 12.2. The van der Waals surface area contributed by atoms with Crippen molar-refractivity contribution in [3.8, 4) is 11.5 Å².